The van der Waals surface area contributed by atoms with Crippen LogP contribution >= 0.6 is 11.8 Å². The average molecular weight is 301 g/mol. The number of aromatic nitrogens is 5. The van der Waals surface area contributed by atoms with Gasteiger partial charge in [-0.25, -0.2) is 4.98 Å². The minimum Gasteiger partial charge on any atom is -0.459 e. The van der Waals surface area contributed by atoms with Gasteiger partial charge < -0.3 is 4.74 Å². The normalized spacial score (nSPS) is 11.2. The Kier molecular flexibility index (Phi) is 4.01. The Morgan fingerprint density at radius 3 is 2.76 bits per heavy atom. The third kappa shape index (κ3) is 3.30. The summed E-state index contributed by atoms with van der Waals surface area (Å²) in [6, 6.07) is 10.5. The highest BCUT2D eigenvalue weighted by Crippen LogP contribution is 2.22. The molecule has 0 amide bonds. The van der Waals surface area contributed by atoms with E-state index < -0.39 is 0 Å². The van der Waals surface area contributed by atoms with Gasteiger partial charge in [-0.1, -0.05) is 47.2 Å². The SMILES string of the molecule is CC(C)Oc1nnc2ncc(SCc3ccccc3)n2n1. The zero-order chi connectivity index (χ0) is 14.7. The first-order valence-corrected chi connectivity index (χ1v) is 7.63. The van der Waals surface area contributed by atoms with E-state index in [-0.39, 0.29) is 12.1 Å². The lowest BCUT2D eigenvalue weighted by Gasteiger charge is -2.06. The number of hydrogen-bond donors (Lipinski definition) is 0. The van der Waals surface area contributed by atoms with Crippen LogP contribution in [0.1, 0.15) is 19.4 Å². The van der Waals surface area contributed by atoms with E-state index in [9.17, 15) is 0 Å². The van der Waals surface area contributed by atoms with Crippen molar-refractivity contribution in [3.63, 3.8) is 0 Å². The summed E-state index contributed by atoms with van der Waals surface area (Å²) >= 11 is 1.65. The second kappa shape index (κ2) is 6.09. The van der Waals surface area contributed by atoms with Crippen molar-refractivity contribution in [2.75, 3.05) is 0 Å². The van der Waals surface area contributed by atoms with Gasteiger partial charge in [0, 0.05) is 5.75 Å². The molecule has 3 rings (SSSR count). The van der Waals surface area contributed by atoms with Crippen molar-refractivity contribution in [3.05, 3.63) is 42.1 Å². The van der Waals surface area contributed by atoms with Crippen LogP contribution < -0.4 is 4.74 Å². The average Bonchev–Trinajstić information content (AvgIpc) is 2.88. The van der Waals surface area contributed by atoms with Gasteiger partial charge >= 0.3 is 6.01 Å². The first kappa shape index (κ1) is 13.8. The molecule has 0 fully saturated rings. The van der Waals surface area contributed by atoms with Gasteiger partial charge in [0.25, 0.3) is 5.78 Å². The minimum absolute atomic E-state index is 0.00759. The van der Waals surface area contributed by atoms with E-state index >= 15 is 0 Å². The van der Waals surface area contributed by atoms with Gasteiger partial charge in [-0.05, 0) is 19.4 Å². The van der Waals surface area contributed by atoms with E-state index in [1.54, 1.807) is 22.5 Å². The number of benzene rings is 1. The van der Waals surface area contributed by atoms with Gasteiger partial charge in [-0.3, -0.25) is 0 Å². The topological polar surface area (TPSA) is 65.2 Å². The zero-order valence-electron chi connectivity index (χ0n) is 11.8. The molecule has 0 saturated carbocycles. The van der Waals surface area contributed by atoms with Crippen molar-refractivity contribution in [3.8, 4) is 6.01 Å². The van der Waals surface area contributed by atoms with E-state index in [0.717, 1.165) is 10.8 Å². The lowest BCUT2D eigenvalue weighted by atomic mass is 10.2. The predicted octanol–water partition coefficient (Wildman–Crippen LogP) is 2.60. The Morgan fingerprint density at radius 2 is 2.00 bits per heavy atom. The highest BCUT2D eigenvalue weighted by molar-refractivity contribution is 7.98. The van der Waals surface area contributed by atoms with Crippen molar-refractivity contribution < 1.29 is 4.74 Å². The van der Waals surface area contributed by atoms with Crippen LogP contribution in [0.5, 0.6) is 6.01 Å². The summed E-state index contributed by atoms with van der Waals surface area (Å²) in [6.45, 7) is 3.85. The van der Waals surface area contributed by atoms with Gasteiger partial charge in [-0.2, -0.15) is 4.52 Å². The fourth-order valence-corrected chi connectivity index (χ4v) is 2.64. The standard InChI is InChI=1S/C14H15N5OS/c1-10(2)20-14-17-16-13-15-8-12(19(13)18-14)21-9-11-6-4-3-5-7-11/h3-8,10H,9H2,1-2H3. The maximum Gasteiger partial charge on any atom is 0.353 e. The van der Waals surface area contributed by atoms with Crippen LogP contribution in [0.3, 0.4) is 0 Å². The molecular formula is C14H15N5OS. The molecule has 0 atom stereocenters. The van der Waals surface area contributed by atoms with Gasteiger partial charge in [0.15, 0.2) is 0 Å². The molecule has 1 aromatic carbocycles. The Morgan fingerprint density at radius 1 is 1.19 bits per heavy atom. The Labute approximate surface area is 126 Å². The molecule has 6 nitrogen and oxygen atoms in total. The molecular weight excluding hydrogens is 286 g/mol. The Balaban J connectivity index is 1.81. The molecule has 0 radical (unpaired) electrons. The molecule has 2 heterocycles. The van der Waals surface area contributed by atoms with Crippen molar-refractivity contribution in [2.24, 2.45) is 0 Å². The molecule has 3 aromatic rings. The maximum atomic E-state index is 5.47. The summed E-state index contributed by atoms with van der Waals surface area (Å²) in [5.41, 5.74) is 1.25. The predicted molar refractivity (Wildman–Crippen MR) is 80.3 cm³/mol. The van der Waals surface area contributed by atoms with E-state index in [1.165, 1.54) is 5.56 Å². The number of rotatable bonds is 5. The smallest absolute Gasteiger partial charge is 0.353 e. The second-order valence-electron chi connectivity index (χ2n) is 4.73. The highest BCUT2D eigenvalue weighted by atomic mass is 32.2. The first-order valence-electron chi connectivity index (χ1n) is 6.64. The third-order valence-electron chi connectivity index (χ3n) is 2.67. The number of ether oxygens (including phenoxy) is 1. The fraction of sp³-hybridized carbons (Fsp3) is 0.286. The van der Waals surface area contributed by atoms with Crippen LogP contribution in [-0.2, 0) is 5.75 Å². The number of fused-ring (bicyclic) bond motifs is 1. The molecule has 0 spiro atoms. The third-order valence-corrected chi connectivity index (χ3v) is 3.72. The molecule has 0 bridgehead atoms. The van der Waals surface area contributed by atoms with Crippen LogP contribution in [0, 0.1) is 0 Å². The molecule has 0 aliphatic heterocycles. The van der Waals surface area contributed by atoms with E-state index in [4.69, 9.17) is 4.74 Å². The molecule has 108 valence electrons. The van der Waals surface area contributed by atoms with E-state index in [0.29, 0.717) is 5.78 Å². The van der Waals surface area contributed by atoms with Crippen LogP contribution in [0.15, 0.2) is 41.6 Å². The number of imidazole rings is 1. The molecule has 0 aliphatic rings. The number of hydrogen-bond acceptors (Lipinski definition) is 6. The van der Waals surface area contributed by atoms with E-state index in [1.807, 2.05) is 32.0 Å². The Bertz CT molecular complexity index is 729. The van der Waals surface area contributed by atoms with E-state index in [2.05, 4.69) is 32.4 Å². The van der Waals surface area contributed by atoms with Crippen LogP contribution in [-0.4, -0.2) is 30.9 Å². The number of thioether (sulfide) groups is 1. The summed E-state index contributed by atoms with van der Waals surface area (Å²) in [4.78, 5) is 4.20. The quantitative estimate of drug-likeness (QED) is 0.675. The highest BCUT2D eigenvalue weighted by Gasteiger charge is 2.10. The lowest BCUT2D eigenvalue weighted by Crippen LogP contribution is -2.11. The molecule has 7 heteroatoms. The molecule has 0 N–H and O–H groups in total. The van der Waals surface area contributed by atoms with Crippen molar-refractivity contribution in [1.29, 1.82) is 0 Å². The van der Waals surface area contributed by atoms with Crippen LogP contribution in [0.2, 0.25) is 0 Å². The molecule has 21 heavy (non-hydrogen) atoms. The summed E-state index contributed by atoms with van der Waals surface area (Å²) in [7, 11) is 0. The van der Waals surface area contributed by atoms with Crippen molar-refractivity contribution >= 4 is 17.5 Å². The summed E-state index contributed by atoms with van der Waals surface area (Å²) < 4.78 is 7.13. The monoisotopic (exact) mass is 301 g/mol. The number of nitrogens with zero attached hydrogens (tertiary/aromatic N) is 5. The fourth-order valence-electron chi connectivity index (χ4n) is 1.76. The maximum absolute atomic E-state index is 5.47. The minimum atomic E-state index is 0.00759. The van der Waals surface area contributed by atoms with Gasteiger partial charge in [0.05, 0.1) is 12.3 Å². The molecule has 0 saturated heterocycles. The Hall–Kier alpha value is -2.15. The lowest BCUT2D eigenvalue weighted by molar-refractivity contribution is 0.214. The first-order chi connectivity index (χ1) is 10.2. The molecule has 2 aromatic heterocycles. The van der Waals surface area contributed by atoms with Gasteiger partial charge in [0.1, 0.15) is 5.03 Å². The van der Waals surface area contributed by atoms with Crippen molar-refractivity contribution in [2.45, 2.75) is 30.7 Å². The summed E-state index contributed by atoms with van der Waals surface area (Å²) in [5, 5.41) is 13.2. The van der Waals surface area contributed by atoms with Crippen LogP contribution in [0.25, 0.3) is 5.78 Å². The van der Waals surface area contributed by atoms with Gasteiger partial charge in [0.2, 0.25) is 0 Å². The second-order valence-corrected chi connectivity index (χ2v) is 5.73. The molecule has 0 aliphatic carbocycles. The molecule has 0 unspecified atom stereocenters. The summed E-state index contributed by atoms with van der Waals surface area (Å²) in [5.74, 6) is 1.32. The zero-order valence-corrected chi connectivity index (χ0v) is 12.6. The van der Waals surface area contributed by atoms with Gasteiger partial charge in [-0.15, -0.1) is 10.2 Å². The largest absolute Gasteiger partial charge is 0.459 e. The van der Waals surface area contributed by atoms with Crippen molar-refractivity contribution in [1.82, 2.24) is 24.8 Å². The summed E-state index contributed by atoms with van der Waals surface area (Å²) in [6.07, 6.45) is 1.76. The van der Waals surface area contributed by atoms with Crippen LogP contribution in [0.4, 0.5) is 0 Å².